The maximum absolute atomic E-state index is 17.0. The van der Waals surface area contributed by atoms with E-state index < -0.39 is 11.9 Å². The van der Waals surface area contributed by atoms with Gasteiger partial charge in [-0.1, -0.05) is 11.6 Å². The number of hydrogen-bond acceptors (Lipinski definition) is 13. The lowest BCUT2D eigenvalue weighted by molar-refractivity contribution is -0.136. The molecule has 6 aliphatic heterocycles. The Balaban J connectivity index is 0.612. The molecule has 2 bridgehead atoms. The number of anilines is 3. The minimum absolute atomic E-state index is 0.0498. The molecule has 17 heteroatoms. The summed E-state index contributed by atoms with van der Waals surface area (Å²) in [4.78, 5) is 63.6. The molecule has 15 nitrogen and oxygen atoms in total. The number of halogens is 2. The van der Waals surface area contributed by atoms with Crippen molar-refractivity contribution in [3.63, 3.8) is 0 Å². The van der Waals surface area contributed by atoms with Crippen LogP contribution in [-0.2, 0) is 16.1 Å². The van der Waals surface area contributed by atoms with Crippen LogP contribution in [0.1, 0.15) is 104 Å². The molecule has 5 saturated heterocycles. The molecular weight excluding hydrogens is 909 g/mol. The third-order valence-corrected chi connectivity index (χ3v) is 18.0. The standard InChI is InChI=1S/C53H63ClFN11O4/c54-41-21-34(56)20-39(44(41)32-1-2-32)46-45(55)47-40(24-57-46)48(65-27-35-3-4-36(28-65)58-35)61-51(60-47)70-30-53(9-10-53)29-63-13-11-52(12-14-63)22-31(23-52)25-62-15-17-64(18-16-62)37-5-6-38-33(19-37)26-66(50(38)69)42-7-8-43(67)59-49(42)68/h5-6,19-21,24,31-32,35-36,42,58H,1-4,7-18,22-23,25-30,56H2,(H,59,67,68)/t35?,36?,42-/m0/s1. The van der Waals surface area contributed by atoms with E-state index in [1.54, 1.807) is 23.2 Å². The van der Waals surface area contributed by atoms with Crippen molar-refractivity contribution >= 4 is 57.4 Å². The highest BCUT2D eigenvalue weighted by molar-refractivity contribution is 6.32. The third-order valence-electron chi connectivity index (χ3n) is 17.7. The van der Waals surface area contributed by atoms with E-state index in [1.165, 1.54) is 25.7 Å². The average molecular weight is 973 g/mol. The molecule has 4 N–H and O–H groups in total. The number of nitrogens with two attached hydrogens (primary N) is 1. The topological polar surface area (TPSA) is 165 Å². The van der Waals surface area contributed by atoms with Crippen molar-refractivity contribution in [2.24, 2.45) is 16.7 Å². The second-order valence-electron chi connectivity index (χ2n) is 22.7. The SMILES string of the molecule is Nc1cc(Cl)c(C2CC2)c(-c2ncc3c(N4CC5CCC(C4)N5)nc(OCC4(CN5CCC6(CC5)CC(CN5CCN(c7ccc8c(c7)CN([C@H]7CCC(=O)NC7=O)C8=O)CC5)C6)CC4)nc3c2F)c1. The molecule has 4 aromatic rings. The van der Waals surface area contributed by atoms with Crippen molar-refractivity contribution in [3.8, 4) is 17.3 Å². The van der Waals surface area contributed by atoms with Crippen molar-refractivity contribution in [1.82, 2.24) is 40.3 Å². The normalized spacial score (nSPS) is 26.5. The summed E-state index contributed by atoms with van der Waals surface area (Å²) in [7, 11) is 0. The molecule has 1 spiro atoms. The van der Waals surface area contributed by atoms with Gasteiger partial charge in [0.25, 0.3) is 5.91 Å². The Morgan fingerprint density at radius 2 is 1.63 bits per heavy atom. The first-order valence-electron chi connectivity index (χ1n) is 26.0. The minimum Gasteiger partial charge on any atom is -0.463 e. The van der Waals surface area contributed by atoms with Crippen molar-refractivity contribution in [1.29, 1.82) is 0 Å². The predicted molar refractivity (Wildman–Crippen MR) is 265 cm³/mol. The van der Waals surface area contributed by atoms with Gasteiger partial charge in [-0.2, -0.15) is 9.97 Å². The minimum atomic E-state index is -0.596. The highest BCUT2D eigenvalue weighted by Crippen LogP contribution is 2.54. The zero-order valence-electron chi connectivity index (χ0n) is 39.9. The average Bonchev–Trinajstić information content (AvgIpc) is 4.27. The molecule has 3 atom stereocenters. The lowest BCUT2D eigenvalue weighted by Crippen LogP contribution is -2.53. The van der Waals surface area contributed by atoms with Gasteiger partial charge in [-0.15, -0.1) is 0 Å². The van der Waals surface area contributed by atoms with Crippen LogP contribution in [0.5, 0.6) is 6.01 Å². The van der Waals surface area contributed by atoms with E-state index in [0.29, 0.717) is 70.1 Å². The van der Waals surface area contributed by atoms with E-state index >= 15 is 4.39 Å². The lowest BCUT2D eigenvalue weighted by Gasteiger charge is -2.54. The van der Waals surface area contributed by atoms with Gasteiger partial charge in [0, 0.05) is 117 Å². The van der Waals surface area contributed by atoms with E-state index in [4.69, 9.17) is 37.0 Å². The molecule has 2 aromatic heterocycles. The van der Waals surface area contributed by atoms with Gasteiger partial charge in [-0.3, -0.25) is 29.6 Å². The van der Waals surface area contributed by atoms with Crippen molar-refractivity contribution in [2.75, 3.05) is 87.6 Å². The summed E-state index contributed by atoms with van der Waals surface area (Å²) in [5.41, 5.74) is 12.0. The van der Waals surface area contributed by atoms with E-state index in [1.807, 2.05) is 12.1 Å². The van der Waals surface area contributed by atoms with Gasteiger partial charge in [0.2, 0.25) is 11.8 Å². The number of carbonyl (C=O) groups excluding carboxylic acids is 3. The van der Waals surface area contributed by atoms with Crippen LogP contribution in [0.2, 0.25) is 5.02 Å². The molecule has 3 amide bonds. The number of pyridine rings is 1. The smallest absolute Gasteiger partial charge is 0.319 e. The number of piperidine rings is 2. The first kappa shape index (κ1) is 44.8. The van der Waals surface area contributed by atoms with Gasteiger partial charge < -0.3 is 35.4 Å². The van der Waals surface area contributed by atoms with E-state index in [9.17, 15) is 14.4 Å². The van der Waals surface area contributed by atoms with E-state index in [0.717, 1.165) is 127 Å². The zero-order valence-corrected chi connectivity index (χ0v) is 40.6. The lowest BCUT2D eigenvalue weighted by atomic mass is 9.57. The third kappa shape index (κ3) is 8.33. The number of imide groups is 1. The number of rotatable bonds is 12. The van der Waals surface area contributed by atoms with Crippen molar-refractivity contribution in [2.45, 2.75) is 108 Å². The fraction of sp³-hybridized carbons (Fsp3) is 0.585. The quantitative estimate of drug-likeness (QED) is 0.110. The number of nitrogens with one attached hydrogen (secondary N) is 2. The summed E-state index contributed by atoms with van der Waals surface area (Å²) in [5, 5.41) is 7.26. The predicted octanol–water partition coefficient (Wildman–Crippen LogP) is 6.12. The Morgan fingerprint density at radius 1 is 0.857 bits per heavy atom. The number of amides is 3. The number of benzene rings is 2. The zero-order chi connectivity index (χ0) is 47.5. The number of ether oxygens (including phenoxy) is 1. The molecule has 2 unspecified atom stereocenters. The van der Waals surface area contributed by atoms with Crippen LogP contribution in [0.3, 0.4) is 0 Å². The summed E-state index contributed by atoms with van der Waals surface area (Å²) in [6.45, 7) is 10.8. The molecule has 8 fully saturated rings. The van der Waals surface area contributed by atoms with Gasteiger partial charge in [0.05, 0.1) is 12.0 Å². The largest absolute Gasteiger partial charge is 0.463 e. The molecule has 8 heterocycles. The van der Waals surface area contributed by atoms with Gasteiger partial charge in [-0.25, -0.2) is 4.39 Å². The van der Waals surface area contributed by atoms with Crippen LogP contribution >= 0.6 is 11.6 Å². The molecule has 2 aromatic carbocycles. The van der Waals surface area contributed by atoms with Gasteiger partial charge in [0.1, 0.15) is 23.1 Å². The molecule has 0 radical (unpaired) electrons. The fourth-order valence-electron chi connectivity index (χ4n) is 13.5. The van der Waals surface area contributed by atoms with Gasteiger partial charge >= 0.3 is 6.01 Å². The Labute approximate surface area is 413 Å². The van der Waals surface area contributed by atoms with Gasteiger partial charge in [0.15, 0.2) is 5.82 Å². The van der Waals surface area contributed by atoms with Crippen LogP contribution in [0, 0.1) is 22.6 Å². The molecule has 3 saturated carbocycles. The summed E-state index contributed by atoms with van der Waals surface area (Å²) in [6, 6.07) is 10.0. The number of carbonyl (C=O) groups is 3. The van der Waals surface area contributed by atoms with Crippen LogP contribution < -0.4 is 30.9 Å². The molecule has 13 rings (SSSR count). The first-order chi connectivity index (χ1) is 33.9. The molecular formula is C53H63ClFN11O4. The van der Waals surface area contributed by atoms with Crippen LogP contribution in [-0.4, -0.2) is 138 Å². The summed E-state index contributed by atoms with van der Waals surface area (Å²) in [5.74, 6) is 0.437. The van der Waals surface area contributed by atoms with Crippen LogP contribution in [0.15, 0.2) is 36.5 Å². The Kier molecular flexibility index (Phi) is 11.0. The number of hydrogen-bond donors (Lipinski definition) is 3. The maximum Gasteiger partial charge on any atom is 0.319 e. The number of nitrogen functional groups attached to an aromatic ring is 1. The summed E-state index contributed by atoms with van der Waals surface area (Å²) >= 11 is 6.74. The van der Waals surface area contributed by atoms with Crippen molar-refractivity contribution < 1.29 is 23.5 Å². The van der Waals surface area contributed by atoms with E-state index in [2.05, 4.69) is 36.3 Å². The second kappa shape index (κ2) is 17.3. The van der Waals surface area contributed by atoms with Crippen molar-refractivity contribution in [3.05, 3.63) is 64.1 Å². The highest BCUT2D eigenvalue weighted by Gasteiger charge is 2.50. The second-order valence-corrected chi connectivity index (χ2v) is 23.1. The Morgan fingerprint density at radius 3 is 2.36 bits per heavy atom. The van der Waals surface area contributed by atoms with Gasteiger partial charge in [-0.05, 0) is 142 Å². The Bertz CT molecular complexity index is 2770. The number of aromatic nitrogens is 3. The molecule has 3 aliphatic carbocycles. The fourth-order valence-corrected chi connectivity index (χ4v) is 13.9. The molecule has 368 valence electrons. The number of piperazine rings is 2. The monoisotopic (exact) mass is 971 g/mol. The molecule has 70 heavy (non-hydrogen) atoms. The number of nitrogens with zero attached hydrogens (tertiary/aromatic N) is 8. The van der Waals surface area contributed by atoms with E-state index in [-0.39, 0.29) is 52.7 Å². The summed E-state index contributed by atoms with van der Waals surface area (Å²) < 4.78 is 23.6. The summed E-state index contributed by atoms with van der Waals surface area (Å²) in [6.07, 6.45) is 13.9. The Hall–Kier alpha value is -5.16. The maximum atomic E-state index is 17.0. The number of fused-ring (bicyclic) bond motifs is 4. The first-order valence-corrected chi connectivity index (χ1v) is 26.4. The van der Waals surface area contributed by atoms with Crippen LogP contribution in [0.4, 0.5) is 21.6 Å². The molecule has 9 aliphatic rings. The highest BCUT2D eigenvalue weighted by atomic mass is 35.5. The van der Waals surface area contributed by atoms with Crippen LogP contribution in [0.25, 0.3) is 22.2 Å². The number of likely N-dealkylation sites (tertiary alicyclic amines) is 1.